The van der Waals surface area contributed by atoms with Gasteiger partial charge < -0.3 is 10.2 Å². The molecule has 1 unspecified atom stereocenters. The summed E-state index contributed by atoms with van der Waals surface area (Å²) in [6, 6.07) is 14.2. The summed E-state index contributed by atoms with van der Waals surface area (Å²) in [6.45, 7) is 4.75. The molecule has 2 fully saturated rings. The molecule has 0 saturated carbocycles. The summed E-state index contributed by atoms with van der Waals surface area (Å²) in [5.41, 5.74) is 2.25. The average molecular weight is 411 g/mol. The topological polar surface area (TPSA) is 48.5 Å². The largest absolute Gasteiger partial charge is 0.324 e. The summed E-state index contributed by atoms with van der Waals surface area (Å²) in [6.07, 6.45) is 8.59. The van der Waals surface area contributed by atoms with Crippen LogP contribution < -0.4 is 5.32 Å². The summed E-state index contributed by atoms with van der Waals surface area (Å²) in [5, 5.41) is 3.15. The van der Waals surface area contributed by atoms with Gasteiger partial charge in [-0.1, -0.05) is 18.2 Å². The number of anilines is 1. The molecule has 2 aliphatic heterocycles. The number of nitrogens with one attached hydrogen (secondary N) is 1. The van der Waals surface area contributed by atoms with Gasteiger partial charge in [0, 0.05) is 42.7 Å². The van der Waals surface area contributed by atoms with E-state index in [-0.39, 0.29) is 11.4 Å². The van der Waals surface area contributed by atoms with Crippen LogP contribution in [0.15, 0.2) is 53.6 Å². The van der Waals surface area contributed by atoms with Gasteiger partial charge in [-0.25, -0.2) is 4.79 Å². The first kappa shape index (κ1) is 20.2. The fourth-order valence-electron chi connectivity index (χ4n) is 4.82. The van der Waals surface area contributed by atoms with Crippen molar-refractivity contribution in [3.05, 3.63) is 54.4 Å². The van der Waals surface area contributed by atoms with Gasteiger partial charge in [0.25, 0.3) is 0 Å². The minimum absolute atomic E-state index is 0.0347. The molecule has 0 aliphatic carbocycles. The number of carbonyl (C=O) groups excluding carboxylic acids is 1. The van der Waals surface area contributed by atoms with Crippen molar-refractivity contribution in [3.8, 4) is 0 Å². The molecule has 4 rings (SSSR count). The lowest BCUT2D eigenvalue weighted by molar-refractivity contribution is 0.0250. The molecule has 1 atom stereocenters. The number of carbonyl (C=O) groups is 1. The Morgan fingerprint density at radius 3 is 2.69 bits per heavy atom. The first-order valence-electron chi connectivity index (χ1n) is 10.5. The molecule has 6 heteroatoms. The van der Waals surface area contributed by atoms with Crippen molar-refractivity contribution in [1.29, 1.82) is 0 Å². The van der Waals surface area contributed by atoms with Crippen molar-refractivity contribution in [2.45, 2.75) is 37.1 Å². The van der Waals surface area contributed by atoms with Gasteiger partial charge in [-0.15, -0.1) is 11.8 Å². The third-order valence-corrected chi connectivity index (χ3v) is 6.95. The van der Waals surface area contributed by atoms with Crippen LogP contribution in [0.4, 0.5) is 10.5 Å². The molecular formula is C23H30N4OS. The number of pyridine rings is 1. The number of para-hydroxylation sites is 1. The normalized spacial score (nSPS) is 22.6. The highest BCUT2D eigenvalue weighted by atomic mass is 32.2. The van der Waals surface area contributed by atoms with Crippen molar-refractivity contribution in [3.63, 3.8) is 0 Å². The van der Waals surface area contributed by atoms with Crippen molar-refractivity contribution in [1.82, 2.24) is 14.8 Å². The molecule has 2 saturated heterocycles. The van der Waals surface area contributed by atoms with Gasteiger partial charge in [0.05, 0.1) is 11.4 Å². The van der Waals surface area contributed by atoms with Crippen LogP contribution >= 0.6 is 11.8 Å². The third-order valence-electron chi connectivity index (χ3n) is 6.15. The summed E-state index contributed by atoms with van der Waals surface area (Å²) >= 11 is 1.66. The standard InChI is InChI=1S/C23H30N4OS/c1-29-21-10-3-2-9-20(21)25-22(28)27-15-7-12-23(18-27)11-6-14-26(17-23)16-19-8-4-5-13-24-19/h2-5,8-10,13H,6-7,11-12,14-18H2,1H3,(H,25,28). The van der Waals surface area contributed by atoms with Gasteiger partial charge in [0.1, 0.15) is 0 Å². The Kier molecular flexibility index (Phi) is 6.40. The van der Waals surface area contributed by atoms with Crippen LogP contribution in [-0.2, 0) is 6.54 Å². The Bertz CT molecular complexity index is 827. The summed E-state index contributed by atoms with van der Waals surface area (Å²) in [7, 11) is 0. The lowest BCUT2D eigenvalue weighted by atomic mass is 9.73. The Morgan fingerprint density at radius 2 is 1.90 bits per heavy atom. The fourth-order valence-corrected chi connectivity index (χ4v) is 5.38. The summed E-state index contributed by atoms with van der Waals surface area (Å²) in [4.78, 5) is 23.2. The van der Waals surface area contributed by atoms with E-state index in [9.17, 15) is 4.79 Å². The maximum Gasteiger partial charge on any atom is 0.321 e. The van der Waals surface area contributed by atoms with E-state index in [4.69, 9.17) is 0 Å². The number of benzene rings is 1. The molecule has 154 valence electrons. The highest BCUT2D eigenvalue weighted by molar-refractivity contribution is 7.98. The first-order chi connectivity index (χ1) is 14.2. The summed E-state index contributed by atoms with van der Waals surface area (Å²) in [5.74, 6) is 0. The molecule has 2 aromatic rings. The van der Waals surface area contributed by atoms with E-state index in [1.807, 2.05) is 41.6 Å². The number of rotatable bonds is 4. The molecule has 1 aromatic heterocycles. The quantitative estimate of drug-likeness (QED) is 0.742. The maximum absolute atomic E-state index is 13.0. The fraction of sp³-hybridized carbons (Fsp3) is 0.478. The molecule has 0 radical (unpaired) electrons. The number of aromatic nitrogens is 1. The number of amides is 2. The van der Waals surface area contributed by atoms with E-state index < -0.39 is 0 Å². The molecule has 2 aliphatic rings. The molecule has 1 aromatic carbocycles. The smallest absolute Gasteiger partial charge is 0.321 e. The number of piperidine rings is 2. The monoisotopic (exact) mass is 410 g/mol. The van der Waals surface area contributed by atoms with E-state index in [0.717, 1.165) is 55.4 Å². The molecule has 0 bridgehead atoms. The average Bonchev–Trinajstić information content (AvgIpc) is 2.75. The zero-order chi connectivity index (χ0) is 20.1. The Morgan fingerprint density at radius 1 is 1.10 bits per heavy atom. The van der Waals surface area contributed by atoms with Crippen molar-refractivity contribution in [2.24, 2.45) is 5.41 Å². The van der Waals surface area contributed by atoms with Crippen LogP contribution in [0, 0.1) is 5.41 Å². The van der Waals surface area contributed by atoms with Gasteiger partial charge in [-0.2, -0.15) is 0 Å². The lowest BCUT2D eigenvalue weighted by Crippen LogP contribution is -2.54. The number of likely N-dealkylation sites (tertiary alicyclic amines) is 2. The molecule has 1 N–H and O–H groups in total. The Labute approximate surface area is 177 Å². The minimum Gasteiger partial charge on any atom is -0.324 e. The van der Waals surface area contributed by atoms with Crippen LogP contribution in [-0.4, -0.2) is 53.2 Å². The van der Waals surface area contributed by atoms with Crippen molar-refractivity contribution < 1.29 is 4.79 Å². The van der Waals surface area contributed by atoms with E-state index in [0.29, 0.717) is 0 Å². The van der Waals surface area contributed by atoms with E-state index in [2.05, 4.69) is 33.4 Å². The molecule has 3 heterocycles. The van der Waals surface area contributed by atoms with Gasteiger partial charge >= 0.3 is 6.03 Å². The second kappa shape index (κ2) is 9.18. The number of nitrogens with zero attached hydrogens (tertiary/aromatic N) is 3. The van der Waals surface area contributed by atoms with Crippen LogP contribution in [0.3, 0.4) is 0 Å². The Balaban J connectivity index is 1.41. The molecule has 29 heavy (non-hydrogen) atoms. The summed E-state index contributed by atoms with van der Waals surface area (Å²) < 4.78 is 0. The SMILES string of the molecule is CSc1ccccc1NC(=O)N1CCCC2(CCCN(Cc3ccccn3)C2)C1. The first-order valence-corrected chi connectivity index (χ1v) is 11.7. The van der Waals surface area contributed by atoms with Crippen LogP contribution in [0.2, 0.25) is 0 Å². The number of thioether (sulfide) groups is 1. The van der Waals surface area contributed by atoms with E-state index >= 15 is 0 Å². The maximum atomic E-state index is 13.0. The van der Waals surface area contributed by atoms with Crippen LogP contribution in [0.25, 0.3) is 0 Å². The number of hydrogen-bond acceptors (Lipinski definition) is 4. The zero-order valence-electron chi connectivity index (χ0n) is 17.1. The lowest BCUT2D eigenvalue weighted by Gasteiger charge is -2.48. The Hall–Kier alpha value is -2.05. The van der Waals surface area contributed by atoms with Crippen molar-refractivity contribution in [2.75, 3.05) is 37.8 Å². The van der Waals surface area contributed by atoms with Crippen LogP contribution in [0.5, 0.6) is 0 Å². The van der Waals surface area contributed by atoms with Gasteiger partial charge in [0.2, 0.25) is 0 Å². The minimum atomic E-state index is 0.0347. The molecule has 1 spiro atoms. The van der Waals surface area contributed by atoms with Gasteiger partial charge in [-0.05, 0) is 62.7 Å². The molecule has 2 amide bonds. The highest BCUT2D eigenvalue weighted by Gasteiger charge is 2.40. The van der Waals surface area contributed by atoms with Gasteiger partial charge in [-0.3, -0.25) is 9.88 Å². The van der Waals surface area contributed by atoms with Crippen LogP contribution in [0.1, 0.15) is 31.4 Å². The predicted octanol–water partition coefficient (Wildman–Crippen LogP) is 4.71. The third kappa shape index (κ3) is 4.93. The van der Waals surface area contributed by atoms with Gasteiger partial charge in [0.15, 0.2) is 0 Å². The van der Waals surface area contributed by atoms with E-state index in [1.165, 1.54) is 19.3 Å². The predicted molar refractivity (Wildman–Crippen MR) is 119 cm³/mol. The second-order valence-electron chi connectivity index (χ2n) is 8.29. The second-order valence-corrected chi connectivity index (χ2v) is 9.14. The number of urea groups is 1. The van der Waals surface area contributed by atoms with E-state index in [1.54, 1.807) is 11.8 Å². The molecular weight excluding hydrogens is 380 g/mol. The molecule has 5 nitrogen and oxygen atoms in total. The number of hydrogen-bond donors (Lipinski definition) is 1. The van der Waals surface area contributed by atoms with Crippen molar-refractivity contribution >= 4 is 23.5 Å². The zero-order valence-corrected chi connectivity index (χ0v) is 18.0. The highest BCUT2D eigenvalue weighted by Crippen LogP contribution is 2.39.